The molecule has 2 heteroatoms. The van der Waals surface area contributed by atoms with Crippen molar-refractivity contribution in [2.24, 2.45) is 11.7 Å². The molecule has 0 saturated carbocycles. The topological polar surface area (TPSA) is 43.1 Å². The van der Waals surface area contributed by atoms with Crippen LogP contribution < -0.4 is 5.73 Å². The molecule has 0 aliphatic heterocycles. The average Bonchev–Trinajstić information content (AvgIpc) is 2.48. The molecule has 0 fully saturated rings. The summed E-state index contributed by atoms with van der Waals surface area (Å²) in [5.74, 6) is 0.441. The predicted molar refractivity (Wildman–Crippen MR) is 82.8 cm³/mol. The molecule has 0 amide bonds. The van der Waals surface area contributed by atoms with Gasteiger partial charge in [-0.2, -0.15) is 0 Å². The summed E-state index contributed by atoms with van der Waals surface area (Å²) in [6.45, 7) is 4.26. The van der Waals surface area contributed by atoms with E-state index in [4.69, 9.17) is 5.73 Å². The monoisotopic (exact) mass is 267 g/mol. The van der Waals surface area contributed by atoms with Crippen molar-refractivity contribution in [2.75, 3.05) is 0 Å². The van der Waals surface area contributed by atoms with Gasteiger partial charge in [-0.3, -0.25) is 4.79 Å². The van der Waals surface area contributed by atoms with Crippen molar-refractivity contribution < 1.29 is 4.79 Å². The third-order valence-electron chi connectivity index (χ3n) is 3.61. The second-order valence-electron chi connectivity index (χ2n) is 5.55. The van der Waals surface area contributed by atoms with Crippen molar-refractivity contribution in [3.05, 3.63) is 70.8 Å². The van der Waals surface area contributed by atoms with Crippen molar-refractivity contribution >= 4 is 6.29 Å². The van der Waals surface area contributed by atoms with Crippen molar-refractivity contribution in [1.29, 1.82) is 0 Å². The average molecular weight is 267 g/mol. The molecular weight excluding hydrogens is 246 g/mol. The summed E-state index contributed by atoms with van der Waals surface area (Å²) >= 11 is 0. The zero-order valence-corrected chi connectivity index (χ0v) is 12.0. The van der Waals surface area contributed by atoms with Gasteiger partial charge in [-0.25, -0.2) is 0 Å². The number of hydrogen-bond donors (Lipinski definition) is 1. The first-order valence-corrected chi connectivity index (χ1v) is 6.98. The largest absolute Gasteiger partial charge is 0.324 e. The summed E-state index contributed by atoms with van der Waals surface area (Å²) in [4.78, 5) is 10.6. The van der Waals surface area contributed by atoms with Crippen LogP contribution in [0, 0.1) is 5.92 Å². The number of hydrogen-bond acceptors (Lipinski definition) is 2. The van der Waals surface area contributed by atoms with Crippen LogP contribution in [-0.2, 0) is 6.42 Å². The van der Waals surface area contributed by atoms with Crippen LogP contribution in [0.15, 0.2) is 48.5 Å². The highest BCUT2D eigenvalue weighted by molar-refractivity contribution is 5.74. The van der Waals surface area contributed by atoms with Crippen molar-refractivity contribution in [1.82, 2.24) is 0 Å². The van der Waals surface area contributed by atoms with Crippen LogP contribution in [0.4, 0.5) is 0 Å². The van der Waals surface area contributed by atoms with E-state index in [1.54, 1.807) is 0 Å². The first kappa shape index (κ1) is 14.5. The van der Waals surface area contributed by atoms with Crippen LogP contribution in [0.25, 0.3) is 0 Å². The molecule has 0 aliphatic carbocycles. The van der Waals surface area contributed by atoms with E-state index in [0.29, 0.717) is 11.5 Å². The maximum Gasteiger partial charge on any atom is 0.150 e. The fraction of sp³-hybridized carbons (Fsp3) is 0.278. The maximum absolute atomic E-state index is 10.6. The molecule has 0 spiro atoms. The molecule has 2 aromatic rings. The summed E-state index contributed by atoms with van der Waals surface area (Å²) in [7, 11) is 0. The molecule has 0 bridgehead atoms. The Hall–Kier alpha value is -1.93. The highest BCUT2D eigenvalue weighted by Crippen LogP contribution is 2.20. The number of benzene rings is 2. The van der Waals surface area contributed by atoms with Crippen LogP contribution in [0.1, 0.15) is 46.9 Å². The van der Waals surface area contributed by atoms with Gasteiger partial charge in [0.05, 0.1) is 0 Å². The van der Waals surface area contributed by atoms with Crippen LogP contribution in [0.2, 0.25) is 0 Å². The van der Waals surface area contributed by atoms with E-state index in [2.05, 4.69) is 38.1 Å². The van der Waals surface area contributed by atoms with Crippen LogP contribution >= 0.6 is 0 Å². The summed E-state index contributed by atoms with van der Waals surface area (Å²) in [6.07, 6.45) is 1.74. The van der Waals surface area contributed by atoms with Gasteiger partial charge in [-0.15, -0.1) is 0 Å². The molecule has 2 N–H and O–H groups in total. The summed E-state index contributed by atoms with van der Waals surface area (Å²) in [6, 6.07) is 16.3. The second-order valence-corrected chi connectivity index (χ2v) is 5.55. The smallest absolute Gasteiger partial charge is 0.150 e. The quantitative estimate of drug-likeness (QED) is 0.838. The number of carbonyl (C=O) groups is 1. The van der Waals surface area contributed by atoms with Gasteiger partial charge in [0.25, 0.3) is 0 Å². The van der Waals surface area contributed by atoms with Gasteiger partial charge < -0.3 is 5.73 Å². The summed E-state index contributed by atoms with van der Waals surface area (Å²) in [5, 5.41) is 0. The molecule has 2 aromatic carbocycles. The van der Waals surface area contributed by atoms with E-state index in [-0.39, 0.29) is 6.04 Å². The third-order valence-corrected chi connectivity index (χ3v) is 3.61. The Morgan fingerprint density at radius 3 is 1.90 bits per heavy atom. The van der Waals surface area contributed by atoms with E-state index in [9.17, 15) is 4.79 Å². The highest BCUT2D eigenvalue weighted by atomic mass is 16.1. The Balaban J connectivity index is 2.08. The fourth-order valence-corrected chi connectivity index (χ4v) is 2.19. The van der Waals surface area contributed by atoms with Gasteiger partial charge in [0.15, 0.2) is 0 Å². The molecular formula is C18H21NO. The summed E-state index contributed by atoms with van der Waals surface area (Å²) < 4.78 is 0. The molecule has 0 heterocycles. The van der Waals surface area contributed by atoms with Gasteiger partial charge in [-0.05, 0) is 29.0 Å². The minimum absolute atomic E-state index is 0.0934. The maximum atomic E-state index is 10.6. The Morgan fingerprint density at radius 1 is 0.950 bits per heavy atom. The minimum atomic E-state index is 0.0934. The standard InChI is InChI=1S/C18H21NO/c1-13(2)18(19)17-9-7-15(8-10-17)11-14-3-5-16(12-20)6-4-14/h3-10,12-13,18H,11,19H2,1-2H3. The van der Waals surface area contributed by atoms with Gasteiger partial charge >= 0.3 is 0 Å². The van der Waals surface area contributed by atoms with E-state index < -0.39 is 0 Å². The number of aldehydes is 1. The lowest BCUT2D eigenvalue weighted by molar-refractivity contribution is 0.112. The first-order valence-electron chi connectivity index (χ1n) is 6.98. The molecule has 104 valence electrons. The SMILES string of the molecule is CC(C)C(N)c1ccc(Cc2ccc(C=O)cc2)cc1. The van der Waals surface area contributed by atoms with Crippen molar-refractivity contribution in [3.63, 3.8) is 0 Å². The molecule has 0 radical (unpaired) electrons. The molecule has 0 aliphatic rings. The summed E-state index contributed by atoms with van der Waals surface area (Å²) in [5.41, 5.74) is 10.5. The highest BCUT2D eigenvalue weighted by Gasteiger charge is 2.09. The molecule has 0 saturated heterocycles. The first-order chi connectivity index (χ1) is 9.60. The number of nitrogens with two attached hydrogens (primary N) is 1. The van der Waals surface area contributed by atoms with E-state index in [1.807, 2.05) is 24.3 Å². The lowest BCUT2D eigenvalue weighted by Crippen LogP contribution is -2.16. The van der Waals surface area contributed by atoms with E-state index in [1.165, 1.54) is 16.7 Å². The van der Waals surface area contributed by atoms with Gasteiger partial charge in [0.1, 0.15) is 6.29 Å². The molecule has 2 nitrogen and oxygen atoms in total. The molecule has 2 rings (SSSR count). The lowest BCUT2D eigenvalue weighted by atomic mass is 9.95. The van der Waals surface area contributed by atoms with Gasteiger partial charge in [0, 0.05) is 11.6 Å². The van der Waals surface area contributed by atoms with Crippen LogP contribution in [-0.4, -0.2) is 6.29 Å². The molecule has 1 unspecified atom stereocenters. The zero-order chi connectivity index (χ0) is 14.5. The minimum Gasteiger partial charge on any atom is -0.324 e. The zero-order valence-electron chi connectivity index (χ0n) is 12.0. The Labute approximate surface area is 120 Å². The van der Waals surface area contributed by atoms with Crippen LogP contribution in [0.3, 0.4) is 0 Å². The third kappa shape index (κ3) is 3.55. The predicted octanol–water partition coefficient (Wildman–Crippen LogP) is 3.75. The van der Waals surface area contributed by atoms with E-state index in [0.717, 1.165) is 12.7 Å². The van der Waals surface area contributed by atoms with Crippen LogP contribution in [0.5, 0.6) is 0 Å². The Bertz CT molecular complexity index is 555. The van der Waals surface area contributed by atoms with Crippen molar-refractivity contribution in [2.45, 2.75) is 26.3 Å². The molecule has 0 aromatic heterocycles. The van der Waals surface area contributed by atoms with E-state index >= 15 is 0 Å². The lowest BCUT2D eigenvalue weighted by Gasteiger charge is -2.16. The molecule has 20 heavy (non-hydrogen) atoms. The van der Waals surface area contributed by atoms with Gasteiger partial charge in [0.2, 0.25) is 0 Å². The fourth-order valence-electron chi connectivity index (χ4n) is 2.19. The Kier molecular flexibility index (Phi) is 4.70. The molecule has 1 atom stereocenters. The number of carbonyl (C=O) groups excluding carboxylic acids is 1. The second kappa shape index (κ2) is 6.49. The normalized spacial score (nSPS) is 12.4. The Morgan fingerprint density at radius 2 is 1.45 bits per heavy atom. The van der Waals surface area contributed by atoms with Gasteiger partial charge in [-0.1, -0.05) is 62.4 Å². The number of rotatable bonds is 5. The van der Waals surface area contributed by atoms with Crippen molar-refractivity contribution in [3.8, 4) is 0 Å².